The van der Waals surface area contributed by atoms with E-state index in [1.807, 2.05) is 69.3 Å². The Labute approximate surface area is 202 Å². The van der Waals surface area contributed by atoms with E-state index in [1.54, 1.807) is 4.90 Å². The number of hydrogen-bond donors (Lipinski definition) is 1. The van der Waals surface area contributed by atoms with Crippen LogP contribution in [0.4, 0.5) is 4.79 Å². The van der Waals surface area contributed by atoms with Crippen LogP contribution in [0.2, 0.25) is 0 Å². The number of carbonyl (C=O) groups is 2. The van der Waals surface area contributed by atoms with Crippen LogP contribution < -0.4 is 0 Å². The van der Waals surface area contributed by atoms with Gasteiger partial charge in [-0.3, -0.25) is 9.69 Å². The van der Waals surface area contributed by atoms with Gasteiger partial charge in [0.2, 0.25) is 0 Å². The molecule has 0 radical (unpaired) electrons. The van der Waals surface area contributed by atoms with Crippen LogP contribution in [0.1, 0.15) is 58.1 Å². The highest BCUT2D eigenvalue weighted by Crippen LogP contribution is 2.51. The highest BCUT2D eigenvalue weighted by molar-refractivity contribution is 5.97. The van der Waals surface area contributed by atoms with E-state index >= 15 is 0 Å². The molecule has 182 valence electrons. The van der Waals surface area contributed by atoms with Crippen molar-refractivity contribution in [1.29, 1.82) is 0 Å². The summed E-state index contributed by atoms with van der Waals surface area (Å²) in [7, 11) is 0. The lowest BCUT2D eigenvalue weighted by molar-refractivity contribution is -0.142. The number of carboxylic acid groups (broad SMARTS) is 1. The topological polar surface area (TPSA) is 70.1 Å². The van der Waals surface area contributed by atoms with Gasteiger partial charge in [-0.15, -0.1) is 0 Å². The van der Waals surface area contributed by atoms with Gasteiger partial charge in [0.15, 0.2) is 0 Å². The maximum Gasteiger partial charge on any atom is 0.410 e. The number of hydrogen-bond acceptors (Lipinski definition) is 4. The molecule has 6 heteroatoms. The molecule has 0 saturated carbocycles. The Kier molecular flexibility index (Phi) is 6.72. The minimum atomic E-state index is -0.992. The van der Waals surface area contributed by atoms with Crippen molar-refractivity contribution in [2.45, 2.75) is 64.0 Å². The van der Waals surface area contributed by atoms with E-state index < -0.39 is 17.0 Å². The van der Waals surface area contributed by atoms with E-state index in [4.69, 9.17) is 4.74 Å². The Morgan fingerprint density at radius 1 is 1.00 bits per heavy atom. The minimum Gasteiger partial charge on any atom is -0.480 e. The van der Waals surface area contributed by atoms with Gasteiger partial charge in [0, 0.05) is 25.7 Å². The first-order chi connectivity index (χ1) is 16.1. The van der Waals surface area contributed by atoms with Crippen LogP contribution in [0.5, 0.6) is 0 Å². The highest BCUT2D eigenvalue weighted by atomic mass is 16.6. The molecule has 2 aliphatic rings. The summed E-state index contributed by atoms with van der Waals surface area (Å²) in [6.45, 7) is 10.8. The fourth-order valence-electron chi connectivity index (χ4n) is 5.46. The number of nitrogens with zero attached hydrogens (tertiary/aromatic N) is 2. The molecule has 1 amide bonds. The average Bonchev–Trinajstić information content (AvgIpc) is 3.07. The standard InChI is InChI=1S/C28H36N2O4/c1-20-19-30(26(33)34-27(2,3)4)18-17-29(20)16-10-9-15-28(25(31)32)23-13-7-5-11-21(23)22-12-6-8-14-24(22)28/h5-8,11-14,20H,9-10,15-19H2,1-4H3,(H,31,32)/t20-/m1/s1. The molecule has 1 atom stereocenters. The molecule has 0 spiro atoms. The van der Waals surface area contributed by atoms with E-state index in [-0.39, 0.29) is 12.1 Å². The predicted octanol–water partition coefficient (Wildman–Crippen LogP) is 5.15. The number of rotatable bonds is 6. The Morgan fingerprint density at radius 3 is 2.12 bits per heavy atom. The summed E-state index contributed by atoms with van der Waals surface area (Å²) >= 11 is 0. The van der Waals surface area contributed by atoms with Gasteiger partial charge in [-0.05, 0) is 69.3 Å². The Balaban J connectivity index is 1.38. The zero-order valence-corrected chi connectivity index (χ0v) is 20.7. The number of ether oxygens (including phenoxy) is 1. The number of piperazine rings is 1. The number of unbranched alkanes of at least 4 members (excludes halogenated alkanes) is 1. The van der Waals surface area contributed by atoms with E-state index in [9.17, 15) is 14.7 Å². The fourth-order valence-corrected chi connectivity index (χ4v) is 5.46. The van der Waals surface area contributed by atoms with Crippen molar-refractivity contribution in [2.24, 2.45) is 0 Å². The molecule has 0 bridgehead atoms. The largest absolute Gasteiger partial charge is 0.480 e. The SMILES string of the molecule is C[C@@H]1CN(C(=O)OC(C)(C)C)CCN1CCCCC1(C(=O)O)c2ccccc2-c2ccccc21. The lowest BCUT2D eigenvalue weighted by Gasteiger charge is -2.40. The van der Waals surface area contributed by atoms with E-state index in [2.05, 4.69) is 11.8 Å². The van der Waals surface area contributed by atoms with Crippen LogP contribution in [-0.4, -0.2) is 64.8 Å². The molecule has 1 saturated heterocycles. The number of carbonyl (C=O) groups excluding carboxylic acids is 1. The summed E-state index contributed by atoms with van der Waals surface area (Å²) < 4.78 is 5.52. The normalized spacial score (nSPS) is 19.4. The first-order valence-corrected chi connectivity index (χ1v) is 12.3. The molecule has 0 aromatic heterocycles. The summed E-state index contributed by atoms with van der Waals surface area (Å²) in [4.78, 5) is 29.3. The smallest absolute Gasteiger partial charge is 0.410 e. The summed E-state index contributed by atoms with van der Waals surface area (Å²) in [6, 6.07) is 16.1. The molecule has 1 N–H and O–H groups in total. The van der Waals surface area contributed by atoms with Gasteiger partial charge < -0.3 is 14.7 Å². The zero-order valence-electron chi connectivity index (χ0n) is 20.7. The first-order valence-electron chi connectivity index (χ1n) is 12.3. The molecule has 4 rings (SSSR count). The number of aliphatic carboxylic acids is 1. The highest BCUT2D eigenvalue weighted by Gasteiger charge is 2.48. The lowest BCUT2D eigenvalue weighted by atomic mass is 9.74. The van der Waals surface area contributed by atoms with Crippen LogP contribution >= 0.6 is 0 Å². The molecule has 6 nitrogen and oxygen atoms in total. The Bertz CT molecular complexity index is 1010. The maximum atomic E-state index is 12.7. The van der Waals surface area contributed by atoms with Gasteiger partial charge in [0.05, 0.1) is 0 Å². The van der Waals surface area contributed by atoms with Gasteiger partial charge in [-0.25, -0.2) is 4.79 Å². The predicted molar refractivity (Wildman–Crippen MR) is 133 cm³/mol. The molecule has 1 fully saturated rings. The molecule has 2 aromatic rings. The third kappa shape index (κ3) is 4.56. The van der Waals surface area contributed by atoms with E-state index in [0.717, 1.165) is 48.2 Å². The summed E-state index contributed by atoms with van der Waals surface area (Å²) in [5, 5.41) is 10.4. The third-order valence-electron chi connectivity index (χ3n) is 7.09. The maximum absolute atomic E-state index is 12.7. The number of carboxylic acids is 1. The molecule has 0 unspecified atom stereocenters. The first kappa shape index (κ1) is 24.3. The quantitative estimate of drug-likeness (QED) is 0.599. The zero-order chi connectivity index (χ0) is 24.5. The minimum absolute atomic E-state index is 0.239. The Morgan fingerprint density at radius 2 is 1.59 bits per heavy atom. The molecule has 1 aliphatic heterocycles. The fraction of sp³-hybridized carbons (Fsp3) is 0.500. The lowest BCUT2D eigenvalue weighted by Crippen LogP contribution is -2.54. The molecule has 1 heterocycles. The van der Waals surface area contributed by atoms with Crippen LogP contribution in [0.25, 0.3) is 11.1 Å². The van der Waals surface area contributed by atoms with E-state index in [0.29, 0.717) is 19.5 Å². The third-order valence-corrected chi connectivity index (χ3v) is 7.09. The summed E-state index contributed by atoms with van der Waals surface area (Å²) in [6.07, 6.45) is 2.05. The molecular formula is C28H36N2O4. The molecule has 34 heavy (non-hydrogen) atoms. The van der Waals surface area contributed by atoms with Crippen molar-refractivity contribution in [3.05, 3.63) is 59.7 Å². The second kappa shape index (κ2) is 9.41. The number of amides is 1. The van der Waals surface area contributed by atoms with Crippen molar-refractivity contribution >= 4 is 12.1 Å². The summed E-state index contributed by atoms with van der Waals surface area (Å²) in [5.74, 6) is -0.774. The van der Waals surface area contributed by atoms with Crippen molar-refractivity contribution in [3.63, 3.8) is 0 Å². The Hall–Kier alpha value is -2.86. The van der Waals surface area contributed by atoms with Crippen molar-refractivity contribution in [2.75, 3.05) is 26.2 Å². The number of fused-ring (bicyclic) bond motifs is 3. The molecular weight excluding hydrogens is 428 g/mol. The van der Waals surface area contributed by atoms with Gasteiger partial charge in [0.1, 0.15) is 11.0 Å². The second-order valence-electron chi connectivity index (χ2n) is 10.6. The number of benzene rings is 2. The van der Waals surface area contributed by atoms with Crippen molar-refractivity contribution in [3.8, 4) is 11.1 Å². The average molecular weight is 465 g/mol. The van der Waals surface area contributed by atoms with Crippen LogP contribution in [0.15, 0.2) is 48.5 Å². The van der Waals surface area contributed by atoms with Crippen molar-refractivity contribution in [1.82, 2.24) is 9.80 Å². The van der Waals surface area contributed by atoms with Crippen LogP contribution in [-0.2, 0) is 14.9 Å². The van der Waals surface area contributed by atoms with Gasteiger partial charge in [-0.2, -0.15) is 0 Å². The van der Waals surface area contributed by atoms with Gasteiger partial charge in [-0.1, -0.05) is 55.0 Å². The van der Waals surface area contributed by atoms with Gasteiger partial charge in [0.25, 0.3) is 0 Å². The molecule has 2 aromatic carbocycles. The van der Waals surface area contributed by atoms with Gasteiger partial charge >= 0.3 is 12.1 Å². The molecule has 1 aliphatic carbocycles. The van der Waals surface area contributed by atoms with Crippen LogP contribution in [0, 0.1) is 0 Å². The monoisotopic (exact) mass is 464 g/mol. The van der Waals surface area contributed by atoms with Crippen LogP contribution in [0.3, 0.4) is 0 Å². The van der Waals surface area contributed by atoms with Crippen molar-refractivity contribution < 1.29 is 19.4 Å². The second-order valence-corrected chi connectivity index (χ2v) is 10.6. The van der Waals surface area contributed by atoms with E-state index in [1.165, 1.54) is 0 Å². The summed E-state index contributed by atoms with van der Waals surface area (Å²) in [5.41, 5.74) is 2.40.